The number of fused-ring (bicyclic) bond motifs is 2. The first kappa shape index (κ1) is 22.0. The summed E-state index contributed by atoms with van der Waals surface area (Å²) in [6.45, 7) is 3.77. The van der Waals surface area contributed by atoms with E-state index in [-0.39, 0.29) is 12.5 Å². The molecule has 1 heterocycles. The lowest BCUT2D eigenvalue weighted by molar-refractivity contribution is -0.120. The summed E-state index contributed by atoms with van der Waals surface area (Å²) < 4.78 is 12.5. The molecule has 0 N–H and O–H groups in total. The molecule has 6 nitrogen and oxygen atoms in total. The molecule has 166 valence electrons. The van der Waals surface area contributed by atoms with E-state index >= 15 is 0 Å². The number of amides is 1. The second-order valence-corrected chi connectivity index (χ2v) is 8.71. The molecule has 0 aliphatic carbocycles. The smallest absolute Gasteiger partial charge is 0.266 e. The van der Waals surface area contributed by atoms with E-state index in [9.17, 15) is 4.79 Å². The maximum Gasteiger partial charge on any atom is 0.266 e. The first-order valence-electron chi connectivity index (χ1n) is 10.6. The first-order valence-corrected chi connectivity index (χ1v) is 11.4. The van der Waals surface area contributed by atoms with Gasteiger partial charge in [0.25, 0.3) is 5.91 Å². The van der Waals surface area contributed by atoms with E-state index in [1.54, 1.807) is 4.90 Å². The number of anilines is 1. The molecular weight excluding hydrogens is 422 g/mol. The van der Waals surface area contributed by atoms with Crippen LogP contribution in [-0.2, 0) is 4.79 Å². The van der Waals surface area contributed by atoms with E-state index in [2.05, 4.69) is 6.07 Å². The summed E-state index contributed by atoms with van der Waals surface area (Å²) in [5.74, 6) is 1.36. The maximum absolute atomic E-state index is 13.2. The van der Waals surface area contributed by atoms with Crippen molar-refractivity contribution in [2.24, 2.45) is 0 Å². The van der Waals surface area contributed by atoms with Gasteiger partial charge in [-0.25, -0.2) is 4.98 Å². The molecule has 1 amide bonds. The average molecular weight is 450 g/mol. The second-order valence-electron chi connectivity index (χ2n) is 7.71. The molecule has 0 aliphatic heterocycles. The highest BCUT2D eigenvalue weighted by Crippen LogP contribution is 2.32. The molecule has 0 unspecified atom stereocenters. The Bertz CT molecular complexity index is 1220. The van der Waals surface area contributed by atoms with Gasteiger partial charge in [0.2, 0.25) is 0 Å². The SMILES string of the molecule is CCOc1ccc2nc(N(CCN(C)C)C(=O)COc3ccc4ccccc4c3)sc2c1. The Kier molecular flexibility index (Phi) is 6.87. The summed E-state index contributed by atoms with van der Waals surface area (Å²) >= 11 is 1.49. The fourth-order valence-electron chi connectivity index (χ4n) is 3.37. The Morgan fingerprint density at radius 2 is 1.69 bits per heavy atom. The zero-order valence-corrected chi connectivity index (χ0v) is 19.4. The second kappa shape index (κ2) is 9.97. The van der Waals surface area contributed by atoms with Crippen molar-refractivity contribution in [2.45, 2.75) is 6.92 Å². The van der Waals surface area contributed by atoms with Crippen LogP contribution in [0.3, 0.4) is 0 Å². The number of carbonyl (C=O) groups excluding carboxylic acids is 1. The van der Waals surface area contributed by atoms with Crippen LogP contribution < -0.4 is 14.4 Å². The number of hydrogen-bond acceptors (Lipinski definition) is 6. The highest BCUT2D eigenvalue weighted by molar-refractivity contribution is 7.22. The van der Waals surface area contributed by atoms with Crippen molar-refractivity contribution < 1.29 is 14.3 Å². The van der Waals surface area contributed by atoms with Gasteiger partial charge in [-0.3, -0.25) is 9.69 Å². The molecule has 4 rings (SSSR count). The topological polar surface area (TPSA) is 54.9 Å². The van der Waals surface area contributed by atoms with Gasteiger partial charge in [-0.1, -0.05) is 41.7 Å². The number of rotatable bonds is 9. The predicted molar refractivity (Wildman–Crippen MR) is 131 cm³/mol. The van der Waals surface area contributed by atoms with Crippen molar-refractivity contribution in [3.05, 3.63) is 60.7 Å². The Hall–Kier alpha value is -3.16. The van der Waals surface area contributed by atoms with Crippen LogP contribution in [-0.4, -0.2) is 56.2 Å². The summed E-state index contributed by atoms with van der Waals surface area (Å²) in [6.07, 6.45) is 0. The van der Waals surface area contributed by atoms with Gasteiger partial charge < -0.3 is 14.4 Å². The highest BCUT2D eigenvalue weighted by Gasteiger charge is 2.21. The molecule has 0 atom stereocenters. The van der Waals surface area contributed by atoms with Gasteiger partial charge in [0.15, 0.2) is 11.7 Å². The van der Waals surface area contributed by atoms with Crippen molar-refractivity contribution in [2.75, 3.05) is 45.3 Å². The van der Waals surface area contributed by atoms with E-state index in [1.165, 1.54) is 11.3 Å². The molecule has 0 saturated carbocycles. The van der Waals surface area contributed by atoms with Gasteiger partial charge >= 0.3 is 0 Å². The molecule has 32 heavy (non-hydrogen) atoms. The van der Waals surface area contributed by atoms with Crippen molar-refractivity contribution in [1.29, 1.82) is 0 Å². The molecule has 0 saturated heterocycles. The highest BCUT2D eigenvalue weighted by atomic mass is 32.1. The van der Waals surface area contributed by atoms with Crippen molar-refractivity contribution >= 4 is 43.4 Å². The largest absolute Gasteiger partial charge is 0.494 e. The molecule has 4 aromatic rings. The molecule has 0 aliphatic rings. The number of ether oxygens (including phenoxy) is 2. The van der Waals surface area contributed by atoms with Gasteiger partial charge in [-0.2, -0.15) is 0 Å². The summed E-state index contributed by atoms with van der Waals surface area (Å²) in [7, 11) is 3.97. The Morgan fingerprint density at radius 3 is 2.47 bits per heavy atom. The van der Waals surface area contributed by atoms with Gasteiger partial charge in [-0.15, -0.1) is 0 Å². The number of carbonyl (C=O) groups is 1. The molecule has 7 heteroatoms. The molecule has 0 radical (unpaired) electrons. The number of aromatic nitrogens is 1. The minimum absolute atomic E-state index is 0.0497. The fraction of sp³-hybridized carbons (Fsp3) is 0.280. The van der Waals surface area contributed by atoms with E-state index in [0.717, 1.165) is 33.3 Å². The van der Waals surface area contributed by atoms with Gasteiger partial charge in [0, 0.05) is 13.1 Å². The maximum atomic E-state index is 13.2. The van der Waals surface area contributed by atoms with Crippen LogP contribution >= 0.6 is 11.3 Å². The minimum atomic E-state index is -0.121. The number of nitrogens with zero attached hydrogens (tertiary/aromatic N) is 3. The van der Waals surface area contributed by atoms with Crippen molar-refractivity contribution in [1.82, 2.24) is 9.88 Å². The molecule has 3 aromatic carbocycles. The number of benzene rings is 3. The molecule has 0 spiro atoms. The number of hydrogen-bond donors (Lipinski definition) is 0. The predicted octanol–water partition coefficient (Wildman–Crippen LogP) is 4.82. The third kappa shape index (κ3) is 5.18. The number of thiazole rings is 1. The quantitative estimate of drug-likeness (QED) is 0.367. The standard InChI is InChI=1S/C25H27N3O3S/c1-4-30-21-11-12-22-23(16-21)32-25(26-22)28(14-13-27(2)3)24(29)17-31-20-10-9-18-7-5-6-8-19(18)15-20/h5-12,15-16H,4,13-14,17H2,1-3H3. The molecule has 1 aromatic heterocycles. The third-order valence-electron chi connectivity index (χ3n) is 5.05. The van der Waals surface area contributed by atoms with Crippen LogP contribution in [0.25, 0.3) is 21.0 Å². The molecular formula is C25H27N3O3S. The van der Waals surface area contributed by atoms with Gasteiger partial charge in [-0.05, 0) is 62.1 Å². The van der Waals surface area contributed by atoms with E-state index < -0.39 is 0 Å². The van der Waals surface area contributed by atoms with E-state index in [4.69, 9.17) is 14.5 Å². The van der Waals surface area contributed by atoms with Crippen LogP contribution in [0.2, 0.25) is 0 Å². The van der Waals surface area contributed by atoms with Crippen LogP contribution in [0.1, 0.15) is 6.92 Å². The Morgan fingerprint density at radius 1 is 0.938 bits per heavy atom. The summed E-state index contributed by atoms with van der Waals surface area (Å²) in [4.78, 5) is 21.6. The number of likely N-dealkylation sites (N-methyl/N-ethyl adjacent to an activating group) is 1. The lowest BCUT2D eigenvalue weighted by atomic mass is 10.1. The fourth-order valence-corrected chi connectivity index (χ4v) is 4.41. The summed E-state index contributed by atoms with van der Waals surface area (Å²) in [6, 6.07) is 19.7. The normalized spacial score (nSPS) is 11.2. The van der Waals surface area contributed by atoms with Crippen LogP contribution in [0.15, 0.2) is 60.7 Å². The molecule has 0 fully saturated rings. The van der Waals surface area contributed by atoms with Crippen LogP contribution in [0, 0.1) is 0 Å². The van der Waals surface area contributed by atoms with Crippen molar-refractivity contribution in [3.63, 3.8) is 0 Å². The lowest BCUT2D eigenvalue weighted by Crippen LogP contribution is -2.39. The van der Waals surface area contributed by atoms with E-state index in [1.807, 2.05) is 80.5 Å². The van der Waals surface area contributed by atoms with E-state index in [0.29, 0.717) is 24.0 Å². The zero-order valence-electron chi connectivity index (χ0n) is 18.6. The van der Waals surface area contributed by atoms with Crippen LogP contribution in [0.4, 0.5) is 5.13 Å². The van der Waals surface area contributed by atoms with Gasteiger partial charge in [0.05, 0.1) is 16.8 Å². The Labute approximate surface area is 192 Å². The Balaban J connectivity index is 1.53. The first-order chi connectivity index (χ1) is 15.5. The van der Waals surface area contributed by atoms with Crippen molar-refractivity contribution in [3.8, 4) is 11.5 Å². The molecule has 0 bridgehead atoms. The lowest BCUT2D eigenvalue weighted by Gasteiger charge is -2.22. The average Bonchev–Trinajstić information content (AvgIpc) is 3.20. The third-order valence-corrected chi connectivity index (χ3v) is 6.09. The summed E-state index contributed by atoms with van der Waals surface area (Å²) in [5, 5.41) is 2.89. The van der Waals surface area contributed by atoms with Gasteiger partial charge in [0.1, 0.15) is 11.5 Å². The summed E-state index contributed by atoms with van der Waals surface area (Å²) in [5.41, 5.74) is 0.853. The zero-order chi connectivity index (χ0) is 22.5. The van der Waals surface area contributed by atoms with Crippen LogP contribution in [0.5, 0.6) is 11.5 Å². The monoisotopic (exact) mass is 449 g/mol. The minimum Gasteiger partial charge on any atom is -0.494 e.